The molecule has 0 bridgehead atoms. The first-order valence-corrected chi connectivity index (χ1v) is 8.23. The number of methoxy groups -OCH3 is 1. The molecule has 1 aromatic heterocycles. The maximum Gasteiger partial charge on any atom is 0.228 e. The number of Topliss-reactive ketones (excluding diaryl/α,β-unsaturated/α-hetero) is 1. The zero-order chi connectivity index (χ0) is 17.2. The van der Waals surface area contributed by atoms with Gasteiger partial charge in [0, 0.05) is 17.7 Å². The first-order valence-electron chi connectivity index (χ1n) is 8.23. The van der Waals surface area contributed by atoms with Gasteiger partial charge in [0.15, 0.2) is 6.20 Å². The summed E-state index contributed by atoms with van der Waals surface area (Å²) in [5, 5.41) is 3.13. The number of ketones is 1. The van der Waals surface area contributed by atoms with Gasteiger partial charge in [-0.25, -0.2) is 0 Å². The van der Waals surface area contributed by atoms with E-state index >= 15 is 0 Å². The molecule has 26 heavy (non-hydrogen) atoms. The van der Waals surface area contributed by atoms with Crippen molar-refractivity contribution in [2.24, 2.45) is 0 Å². The van der Waals surface area contributed by atoms with Crippen LogP contribution in [0.1, 0.15) is 10.4 Å². The van der Waals surface area contributed by atoms with Crippen LogP contribution in [0.5, 0.6) is 5.75 Å². The SMILES string of the molecule is Br.COc1ccc2c(ccc[n+]2CC(=O)c2cccc3ccccc23)c1. The molecular weight excluding hydrogens is 390 g/mol. The molecule has 0 radical (unpaired) electrons. The van der Waals surface area contributed by atoms with Gasteiger partial charge in [-0.3, -0.25) is 4.79 Å². The summed E-state index contributed by atoms with van der Waals surface area (Å²) in [5.74, 6) is 0.913. The highest BCUT2D eigenvalue weighted by Crippen LogP contribution is 2.20. The van der Waals surface area contributed by atoms with Crippen molar-refractivity contribution in [2.75, 3.05) is 7.11 Å². The number of ether oxygens (including phenoxy) is 1. The van der Waals surface area contributed by atoms with Gasteiger partial charge in [-0.15, -0.1) is 17.0 Å². The van der Waals surface area contributed by atoms with E-state index in [1.54, 1.807) is 7.11 Å². The predicted molar refractivity (Wildman–Crippen MR) is 109 cm³/mol. The highest BCUT2D eigenvalue weighted by molar-refractivity contribution is 8.93. The molecular formula is C22H19BrNO2+. The fourth-order valence-electron chi connectivity index (χ4n) is 3.23. The topological polar surface area (TPSA) is 30.2 Å². The summed E-state index contributed by atoms with van der Waals surface area (Å²) in [4.78, 5) is 12.9. The third-order valence-corrected chi connectivity index (χ3v) is 4.49. The molecule has 4 rings (SSSR count). The molecule has 4 heteroatoms. The van der Waals surface area contributed by atoms with Crippen molar-refractivity contribution in [1.29, 1.82) is 0 Å². The van der Waals surface area contributed by atoms with E-state index in [0.29, 0.717) is 6.54 Å². The molecule has 0 aliphatic heterocycles. The molecule has 0 amide bonds. The zero-order valence-corrected chi connectivity index (χ0v) is 16.1. The van der Waals surface area contributed by atoms with Crippen LogP contribution < -0.4 is 9.30 Å². The third kappa shape index (κ3) is 3.33. The second kappa shape index (κ2) is 7.67. The first kappa shape index (κ1) is 18.1. The molecule has 3 nitrogen and oxygen atoms in total. The Morgan fingerprint density at radius 1 is 0.923 bits per heavy atom. The van der Waals surface area contributed by atoms with Crippen LogP contribution in [0.3, 0.4) is 0 Å². The lowest BCUT2D eigenvalue weighted by atomic mass is 10.0. The number of carbonyl (C=O) groups is 1. The summed E-state index contributed by atoms with van der Waals surface area (Å²) in [7, 11) is 1.65. The second-order valence-corrected chi connectivity index (χ2v) is 6.01. The molecule has 0 atom stereocenters. The largest absolute Gasteiger partial charge is 0.497 e. The van der Waals surface area contributed by atoms with E-state index in [2.05, 4.69) is 0 Å². The van der Waals surface area contributed by atoms with Crippen LogP contribution in [-0.4, -0.2) is 12.9 Å². The lowest BCUT2D eigenvalue weighted by Crippen LogP contribution is -2.38. The number of rotatable bonds is 4. The number of carbonyl (C=O) groups excluding carboxylic acids is 1. The van der Waals surface area contributed by atoms with E-state index < -0.39 is 0 Å². The number of nitrogens with zero attached hydrogens (tertiary/aromatic N) is 1. The maximum absolute atomic E-state index is 12.9. The van der Waals surface area contributed by atoms with E-state index in [9.17, 15) is 4.79 Å². The van der Waals surface area contributed by atoms with Crippen molar-refractivity contribution < 1.29 is 14.1 Å². The van der Waals surface area contributed by atoms with Gasteiger partial charge in [0.25, 0.3) is 0 Å². The number of benzene rings is 3. The van der Waals surface area contributed by atoms with Crippen LogP contribution in [0.15, 0.2) is 79.0 Å². The summed E-state index contributed by atoms with van der Waals surface area (Å²) in [6, 6.07) is 23.7. The molecule has 0 saturated heterocycles. The number of aromatic nitrogens is 1. The van der Waals surface area contributed by atoms with Crippen LogP contribution in [-0.2, 0) is 6.54 Å². The molecule has 0 aliphatic carbocycles. The molecule has 0 spiro atoms. The Labute approximate surface area is 162 Å². The van der Waals surface area contributed by atoms with Gasteiger partial charge in [-0.2, -0.15) is 4.57 Å². The standard InChI is InChI=1S/C22H18NO2.BrH/c1-25-18-11-12-21-17(14-18)8-5-13-23(21)15-22(24)20-10-4-7-16-6-2-3-9-19(16)20;/h2-14H,15H2,1H3;1H/q+1;. The minimum atomic E-state index is 0. The minimum absolute atomic E-state index is 0. The molecule has 0 aliphatic rings. The maximum atomic E-state index is 12.9. The number of pyridine rings is 1. The van der Waals surface area contributed by atoms with Crippen molar-refractivity contribution in [3.8, 4) is 5.75 Å². The molecule has 3 aromatic carbocycles. The Morgan fingerprint density at radius 2 is 1.69 bits per heavy atom. The normalized spacial score (nSPS) is 10.5. The Hall–Kier alpha value is -2.72. The Morgan fingerprint density at radius 3 is 2.54 bits per heavy atom. The van der Waals surface area contributed by atoms with Gasteiger partial charge in [0.1, 0.15) is 5.75 Å². The van der Waals surface area contributed by atoms with Crippen molar-refractivity contribution in [1.82, 2.24) is 0 Å². The van der Waals surface area contributed by atoms with Gasteiger partial charge in [0.2, 0.25) is 17.8 Å². The number of hydrogen-bond acceptors (Lipinski definition) is 2. The zero-order valence-electron chi connectivity index (χ0n) is 14.4. The van der Waals surface area contributed by atoms with E-state index in [0.717, 1.165) is 33.0 Å². The molecule has 0 saturated carbocycles. The molecule has 4 aromatic rings. The van der Waals surface area contributed by atoms with E-state index in [1.807, 2.05) is 83.6 Å². The summed E-state index contributed by atoms with van der Waals surface area (Å²) in [6.45, 7) is 0.303. The van der Waals surface area contributed by atoms with Gasteiger partial charge in [0.05, 0.1) is 12.5 Å². The Kier molecular flexibility index (Phi) is 5.33. The molecule has 1 heterocycles. The summed E-state index contributed by atoms with van der Waals surface area (Å²) >= 11 is 0. The van der Waals surface area contributed by atoms with E-state index in [1.165, 1.54) is 0 Å². The molecule has 130 valence electrons. The van der Waals surface area contributed by atoms with Gasteiger partial charge < -0.3 is 4.74 Å². The smallest absolute Gasteiger partial charge is 0.228 e. The Balaban J connectivity index is 0.00000196. The highest BCUT2D eigenvalue weighted by Gasteiger charge is 2.17. The van der Waals surface area contributed by atoms with Crippen LogP contribution in [0, 0.1) is 0 Å². The molecule has 0 unspecified atom stereocenters. The second-order valence-electron chi connectivity index (χ2n) is 6.01. The van der Waals surface area contributed by atoms with Gasteiger partial charge in [-0.05, 0) is 29.0 Å². The molecule has 0 fully saturated rings. The Bertz CT molecular complexity index is 1090. The van der Waals surface area contributed by atoms with E-state index in [-0.39, 0.29) is 22.8 Å². The first-order chi connectivity index (χ1) is 12.3. The van der Waals surface area contributed by atoms with Crippen molar-refractivity contribution in [2.45, 2.75) is 6.54 Å². The summed E-state index contributed by atoms with van der Waals surface area (Å²) in [5.41, 5.74) is 1.77. The lowest BCUT2D eigenvalue weighted by molar-refractivity contribution is -0.657. The predicted octanol–water partition coefficient (Wildman–Crippen LogP) is 4.75. The average Bonchev–Trinajstić information content (AvgIpc) is 2.67. The molecule has 0 N–H and O–H groups in total. The van der Waals surface area contributed by atoms with E-state index in [4.69, 9.17) is 4.74 Å². The fourth-order valence-corrected chi connectivity index (χ4v) is 3.23. The van der Waals surface area contributed by atoms with Gasteiger partial charge >= 0.3 is 0 Å². The number of hydrogen-bond donors (Lipinski definition) is 0. The number of fused-ring (bicyclic) bond motifs is 2. The quantitative estimate of drug-likeness (QED) is 0.360. The van der Waals surface area contributed by atoms with Crippen LogP contribution in [0.25, 0.3) is 21.7 Å². The fraction of sp³-hybridized carbons (Fsp3) is 0.0909. The van der Waals surface area contributed by atoms with Gasteiger partial charge in [-0.1, -0.05) is 42.5 Å². The summed E-state index contributed by atoms with van der Waals surface area (Å²) in [6.07, 6.45) is 1.94. The van der Waals surface area contributed by atoms with Crippen molar-refractivity contribution >= 4 is 44.4 Å². The van der Waals surface area contributed by atoms with Crippen molar-refractivity contribution in [3.05, 3.63) is 84.6 Å². The lowest BCUT2D eigenvalue weighted by Gasteiger charge is -2.06. The minimum Gasteiger partial charge on any atom is -0.497 e. The van der Waals surface area contributed by atoms with Crippen LogP contribution >= 0.6 is 17.0 Å². The third-order valence-electron chi connectivity index (χ3n) is 4.49. The average molecular weight is 409 g/mol. The van der Waals surface area contributed by atoms with Crippen molar-refractivity contribution in [3.63, 3.8) is 0 Å². The monoisotopic (exact) mass is 408 g/mol. The highest BCUT2D eigenvalue weighted by atomic mass is 79.9. The number of halogens is 1. The van der Waals surface area contributed by atoms with Crippen LogP contribution in [0.4, 0.5) is 0 Å². The summed E-state index contributed by atoms with van der Waals surface area (Å²) < 4.78 is 7.27. The van der Waals surface area contributed by atoms with Crippen LogP contribution in [0.2, 0.25) is 0 Å².